The van der Waals surface area contributed by atoms with Crippen LogP contribution in [0.4, 0.5) is 0 Å². The summed E-state index contributed by atoms with van der Waals surface area (Å²) in [5.41, 5.74) is 4.12. The number of aromatic nitrogens is 1. The summed E-state index contributed by atoms with van der Waals surface area (Å²) in [4.78, 5) is 17.9. The molecule has 0 atom stereocenters. The smallest absolute Gasteiger partial charge is 0.252 e. The van der Waals surface area contributed by atoms with Gasteiger partial charge in [-0.25, -0.2) is 4.98 Å². The van der Waals surface area contributed by atoms with Crippen LogP contribution in [-0.4, -0.2) is 10.9 Å². The van der Waals surface area contributed by atoms with Gasteiger partial charge in [0, 0.05) is 11.1 Å². The van der Waals surface area contributed by atoms with E-state index in [4.69, 9.17) is 4.42 Å². The summed E-state index contributed by atoms with van der Waals surface area (Å²) >= 11 is 0. The summed E-state index contributed by atoms with van der Waals surface area (Å²) < 4.78 is 6.03. The Kier molecular flexibility index (Phi) is 5.81. The van der Waals surface area contributed by atoms with Gasteiger partial charge in [0.25, 0.3) is 5.91 Å². The lowest BCUT2D eigenvalue weighted by Gasteiger charge is -2.20. The molecule has 0 spiro atoms. The van der Waals surface area contributed by atoms with E-state index in [2.05, 4.69) is 10.3 Å². The SMILES string of the molecule is O=C(NC(c1ccccc1)c1ccccc1)c1ccccc1-c1ncc(-c2ccccc2)o1. The molecule has 5 aromatic rings. The number of oxazole rings is 1. The minimum absolute atomic E-state index is 0.192. The summed E-state index contributed by atoms with van der Waals surface area (Å²) in [6, 6.07) is 36.8. The van der Waals surface area contributed by atoms with Gasteiger partial charge in [0.1, 0.15) is 0 Å². The molecule has 4 heteroatoms. The maximum atomic E-state index is 13.5. The molecular weight excluding hydrogens is 408 g/mol. The van der Waals surface area contributed by atoms with Gasteiger partial charge >= 0.3 is 0 Å². The van der Waals surface area contributed by atoms with Crippen molar-refractivity contribution in [3.8, 4) is 22.8 Å². The second-order valence-corrected chi connectivity index (χ2v) is 7.67. The van der Waals surface area contributed by atoms with E-state index in [-0.39, 0.29) is 11.9 Å². The van der Waals surface area contributed by atoms with Gasteiger partial charge in [-0.15, -0.1) is 0 Å². The second-order valence-electron chi connectivity index (χ2n) is 7.67. The number of carbonyl (C=O) groups excluding carboxylic acids is 1. The van der Waals surface area contributed by atoms with Crippen molar-refractivity contribution in [2.24, 2.45) is 0 Å². The number of benzene rings is 4. The van der Waals surface area contributed by atoms with Crippen LogP contribution >= 0.6 is 0 Å². The fraction of sp³-hybridized carbons (Fsp3) is 0.0345. The Balaban J connectivity index is 1.48. The summed E-state index contributed by atoms with van der Waals surface area (Å²) in [5, 5.41) is 3.21. The summed E-state index contributed by atoms with van der Waals surface area (Å²) in [6.45, 7) is 0. The molecular formula is C29H22N2O2. The minimum Gasteiger partial charge on any atom is -0.436 e. The number of hydrogen-bond acceptors (Lipinski definition) is 3. The lowest BCUT2D eigenvalue weighted by molar-refractivity contribution is 0.0943. The first-order valence-corrected chi connectivity index (χ1v) is 10.8. The molecule has 0 radical (unpaired) electrons. The van der Waals surface area contributed by atoms with Crippen molar-refractivity contribution < 1.29 is 9.21 Å². The van der Waals surface area contributed by atoms with Gasteiger partial charge in [0.15, 0.2) is 5.76 Å². The zero-order valence-electron chi connectivity index (χ0n) is 17.9. The fourth-order valence-corrected chi connectivity index (χ4v) is 3.86. The Labute approximate surface area is 192 Å². The molecule has 1 amide bonds. The van der Waals surface area contributed by atoms with Gasteiger partial charge in [-0.05, 0) is 23.3 Å². The van der Waals surface area contributed by atoms with Crippen molar-refractivity contribution in [2.75, 3.05) is 0 Å². The number of nitrogens with zero attached hydrogens (tertiary/aromatic N) is 1. The van der Waals surface area contributed by atoms with Crippen molar-refractivity contribution in [3.05, 3.63) is 138 Å². The van der Waals surface area contributed by atoms with Gasteiger partial charge in [-0.1, -0.05) is 103 Å². The lowest BCUT2D eigenvalue weighted by Crippen LogP contribution is -2.29. The van der Waals surface area contributed by atoms with Gasteiger partial charge < -0.3 is 9.73 Å². The highest BCUT2D eigenvalue weighted by molar-refractivity contribution is 6.00. The lowest BCUT2D eigenvalue weighted by atomic mass is 9.97. The molecule has 0 aliphatic heterocycles. The van der Waals surface area contributed by atoms with Crippen LogP contribution in [0.3, 0.4) is 0 Å². The van der Waals surface area contributed by atoms with Crippen LogP contribution in [0.15, 0.2) is 126 Å². The van der Waals surface area contributed by atoms with Crippen molar-refractivity contribution >= 4 is 5.91 Å². The minimum atomic E-state index is -0.280. The summed E-state index contributed by atoms with van der Waals surface area (Å²) in [7, 11) is 0. The Morgan fingerprint density at radius 1 is 0.697 bits per heavy atom. The Bertz CT molecular complexity index is 1310. The standard InChI is InChI=1S/C29H22N2O2/c32-28(31-27(22-14-6-2-7-15-22)23-16-8-3-9-17-23)24-18-10-11-19-25(24)29-30-20-26(33-29)21-12-4-1-5-13-21/h1-20,27H,(H,31,32). The van der Waals surface area contributed by atoms with Gasteiger partial charge in [0.05, 0.1) is 17.8 Å². The first kappa shape index (κ1) is 20.5. The first-order valence-electron chi connectivity index (χ1n) is 10.8. The van der Waals surface area contributed by atoms with E-state index in [0.29, 0.717) is 22.8 Å². The molecule has 0 bridgehead atoms. The van der Waals surface area contributed by atoms with Crippen LogP contribution in [0, 0.1) is 0 Å². The fourth-order valence-electron chi connectivity index (χ4n) is 3.86. The van der Waals surface area contributed by atoms with Crippen LogP contribution in [0.25, 0.3) is 22.8 Å². The number of amides is 1. The first-order chi connectivity index (χ1) is 16.3. The zero-order valence-corrected chi connectivity index (χ0v) is 17.9. The van der Waals surface area contributed by atoms with E-state index in [9.17, 15) is 4.79 Å². The highest BCUT2D eigenvalue weighted by Gasteiger charge is 2.21. The summed E-state index contributed by atoms with van der Waals surface area (Å²) in [6.07, 6.45) is 1.69. The molecule has 0 fully saturated rings. The number of carbonyl (C=O) groups is 1. The molecule has 0 saturated carbocycles. The monoisotopic (exact) mass is 430 g/mol. The van der Waals surface area contributed by atoms with Crippen LogP contribution < -0.4 is 5.32 Å². The normalized spacial score (nSPS) is 10.8. The van der Waals surface area contributed by atoms with Crippen LogP contribution in [0.5, 0.6) is 0 Å². The highest BCUT2D eigenvalue weighted by atomic mass is 16.4. The Hall–Kier alpha value is -4.44. The van der Waals surface area contributed by atoms with E-state index in [0.717, 1.165) is 16.7 Å². The Morgan fingerprint density at radius 2 is 1.24 bits per heavy atom. The van der Waals surface area contributed by atoms with Gasteiger partial charge in [0.2, 0.25) is 5.89 Å². The van der Waals surface area contributed by atoms with Crippen LogP contribution in [0.2, 0.25) is 0 Å². The zero-order chi connectivity index (χ0) is 22.5. The third kappa shape index (κ3) is 4.46. The molecule has 5 rings (SSSR count). The maximum absolute atomic E-state index is 13.5. The highest BCUT2D eigenvalue weighted by Crippen LogP contribution is 2.29. The van der Waals surface area contributed by atoms with Crippen molar-refractivity contribution in [3.63, 3.8) is 0 Å². The van der Waals surface area contributed by atoms with E-state index < -0.39 is 0 Å². The van der Waals surface area contributed by atoms with E-state index in [1.54, 1.807) is 12.3 Å². The molecule has 4 nitrogen and oxygen atoms in total. The van der Waals surface area contributed by atoms with Crippen molar-refractivity contribution in [1.82, 2.24) is 10.3 Å². The van der Waals surface area contributed by atoms with E-state index in [1.165, 1.54) is 0 Å². The molecule has 4 aromatic carbocycles. The molecule has 1 heterocycles. The molecule has 0 aliphatic carbocycles. The molecule has 0 saturated heterocycles. The average molecular weight is 431 g/mol. The quantitative estimate of drug-likeness (QED) is 0.333. The third-order valence-corrected chi connectivity index (χ3v) is 5.51. The maximum Gasteiger partial charge on any atom is 0.252 e. The van der Waals surface area contributed by atoms with Crippen LogP contribution in [-0.2, 0) is 0 Å². The number of nitrogens with one attached hydrogen (secondary N) is 1. The predicted molar refractivity (Wildman–Crippen MR) is 130 cm³/mol. The molecule has 160 valence electrons. The largest absolute Gasteiger partial charge is 0.436 e. The van der Waals surface area contributed by atoms with Gasteiger partial charge in [-0.3, -0.25) is 4.79 Å². The van der Waals surface area contributed by atoms with Gasteiger partial charge in [-0.2, -0.15) is 0 Å². The second kappa shape index (κ2) is 9.37. The third-order valence-electron chi connectivity index (χ3n) is 5.51. The van der Waals surface area contributed by atoms with Crippen molar-refractivity contribution in [1.29, 1.82) is 0 Å². The number of rotatable bonds is 6. The average Bonchev–Trinajstić information content (AvgIpc) is 3.39. The molecule has 1 N–H and O–H groups in total. The Morgan fingerprint density at radius 3 is 1.88 bits per heavy atom. The van der Waals surface area contributed by atoms with E-state index in [1.807, 2.05) is 109 Å². The van der Waals surface area contributed by atoms with E-state index >= 15 is 0 Å². The number of hydrogen-bond donors (Lipinski definition) is 1. The molecule has 0 unspecified atom stereocenters. The van der Waals surface area contributed by atoms with Crippen molar-refractivity contribution in [2.45, 2.75) is 6.04 Å². The molecule has 33 heavy (non-hydrogen) atoms. The predicted octanol–water partition coefficient (Wildman–Crippen LogP) is 6.53. The topological polar surface area (TPSA) is 55.1 Å². The molecule has 0 aliphatic rings. The summed E-state index contributed by atoms with van der Waals surface area (Å²) in [5.74, 6) is 0.880. The molecule has 1 aromatic heterocycles. The van der Waals surface area contributed by atoms with Crippen LogP contribution in [0.1, 0.15) is 27.5 Å².